The summed E-state index contributed by atoms with van der Waals surface area (Å²) >= 11 is 0. The second kappa shape index (κ2) is 7.46. The summed E-state index contributed by atoms with van der Waals surface area (Å²) in [6, 6.07) is 9.74. The lowest BCUT2D eigenvalue weighted by Crippen LogP contribution is -2.43. The monoisotopic (exact) mass is 329 g/mol. The number of anilines is 1. The summed E-state index contributed by atoms with van der Waals surface area (Å²) in [6.45, 7) is 2.51. The molecular formula is C17H23N5O2. The zero-order chi connectivity index (χ0) is 16.9. The summed E-state index contributed by atoms with van der Waals surface area (Å²) in [6.07, 6.45) is 2.14. The van der Waals surface area contributed by atoms with Crippen LogP contribution >= 0.6 is 0 Å². The average molecular weight is 329 g/mol. The van der Waals surface area contributed by atoms with Crippen LogP contribution in [0.2, 0.25) is 0 Å². The van der Waals surface area contributed by atoms with Gasteiger partial charge >= 0.3 is 6.03 Å². The third-order valence-corrected chi connectivity index (χ3v) is 4.13. The van der Waals surface area contributed by atoms with Crippen LogP contribution in [0.25, 0.3) is 0 Å². The van der Waals surface area contributed by atoms with Gasteiger partial charge in [-0.15, -0.1) is 0 Å². The van der Waals surface area contributed by atoms with Crippen molar-refractivity contribution in [3.05, 3.63) is 47.7 Å². The number of aromatic nitrogens is 2. The molecule has 2 amide bonds. The van der Waals surface area contributed by atoms with Crippen LogP contribution in [0.3, 0.4) is 0 Å². The van der Waals surface area contributed by atoms with Gasteiger partial charge in [-0.2, -0.15) is 5.10 Å². The van der Waals surface area contributed by atoms with Gasteiger partial charge in [-0.3, -0.25) is 14.9 Å². The molecule has 0 saturated heterocycles. The first-order valence-corrected chi connectivity index (χ1v) is 8.12. The number of carbonyl (C=O) groups is 1. The Labute approximate surface area is 141 Å². The van der Waals surface area contributed by atoms with Gasteiger partial charge in [0.15, 0.2) is 5.82 Å². The Kier molecular flexibility index (Phi) is 5.12. The van der Waals surface area contributed by atoms with Gasteiger partial charge < -0.3 is 10.4 Å². The van der Waals surface area contributed by atoms with Crippen LogP contribution in [0.15, 0.2) is 36.5 Å². The Bertz CT molecular complexity index is 700. The highest BCUT2D eigenvalue weighted by molar-refractivity contribution is 5.88. The molecule has 0 saturated carbocycles. The van der Waals surface area contributed by atoms with Crippen LogP contribution in [-0.4, -0.2) is 51.6 Å². The fraction of sp³-hybridized carbons (Fsp3) is 0.412. The number of aliphatic hydroxyl groups is 1. The van der Waals surface area contributed by atoms with Crippen molar-refractivity contribution in [2.24, 2.45) is 7.05 Å². The highest BCUT2D eigenvalue weighted by Gasteiger charge is 2.18. The van der Waals surface area contributed by atoms with E-state index in [2.05, 4.69) is 38.8 Å². The molecule has 3 rings (SSSR count). The highest BCUT2D eigenvalue weighted by Crippen LogP contribution is 2.18. The first-order chi connectivity index (χ1) is 11.6. The molecule has 0 spiro atoms. The molecule has 1 unspecified atom stereocenters. The molecule has 7 heteroatoms. The van der Waals surface area contributed by atoms with Gasteiger partial charge in [0.1, 0.15) is 0 Å². The van der Waals surface area contributed by atoms with Gasteiger partial charge in [-0.1, -0.05) is 24.3 Å². The number of carbonyl (C=O) groups excluding carboxylic acids is 1. The van der Waals surface area contributed by atoms with Gasteiger partial charge in [-0.05, 0) is 17.5 Å². The van der Waals surface area contributed by atoms with Gasteiger partial charge in [0.2, 0.25) is 0 Å². The van der Waals surface area contributed by atoms with E-state index in [9.17, 15) is 9.90 Å². The first-order valence-electron chi connectivity index (χ1n) is 8.12. The van der Waals surface area contributed by atoms with Crippen LogP contribution in [0, 0.1) is 0 Å². The number of nitrogens with one attached hydrogen (secondary N) is 2. The number of urea groups is 1. The molecule has 1 aliphatic rings. The topological polar surface area (TPSA) is 82.4 Å². The van der Waals surface area contributed by atoms with E-state index in [1.165, 1.54) is 11.1 Å². The van der Waals surface area contributed by atoms with Crippen molar-refractivity contribution in [3.63, 3.8) is 0 Å². The molecule has 24 heavy (non-hydrogen) atoms. The molecule has 128 valence electrons. The van der Waals surface area contributed by atoms with Crippen LogP contribution < -0.4 is 10.6 Å². The molecule has 2 aromatic rings. The maximum Gasteiger partial charge on any atom is 0.320 e. The number of β-amino-alcohol motifs (C(OH)–C–C–N with tert-alkyl or cyclic N) is 1. The molecule has 1 aliphatic heterocycles. The average Bonchev–Trinajstić information content (AvgIpc) is 2.98. The summed E-state index contributed by atoms with van der Waals surface area (Å²) in [5.41, 5.74) is 2.70. The largest absolute Gasteiger partial charge is 0.390 e. The van der Waals surface area contributed by atoms with Crippen LogP contribution in [0.5, 0.6) is 0 Å². The predicted molar refractivity (Wildman–Crippen MR) is 91.7 cm³/mol. The number of nitrogens with zero attached hydrogens (tertiary/aromatic N) is 3. The molecule has 0 bridgehead atoms. The number of amides is 2. The normalized spacial score (nSPS) is 15.6. The van der Waals surface area contributed by atoms with E-state index in [1.807, 2.05) is 6.07 Å². The Morgan fingerprint density at radius 1 is 1.33 bits per heavy atom. The van der Waals surface area contributed by atoms with Crippen molar-refractivity contribution in [1.82, 2.24) is 20.0 Å². The van der Waals surface area contributed by atoms with Gasteiger partial charge in [0.05, 0.1) is 6.10 Å². The third kappa shape index (κ3) is 4.33. The Hall–Kier alpha value is -2.38. The summed E-state index contributed by atoms with van der Waals surface area (Å²) in [5.74, 6) is 0.483. The summed E-state index contributed by atoms with van der Waals surface area (Å²) < 4.78 is 1.61. The lowest BCUT2D eigenvalue weighted by molar-refractivity contribution is 0.106. The van der Waals surface area contributed by atoms with E-state index in [-0.39, 0.29) is 12.6 Å². The number of rotatable bonds is 5. The Morgan fingerprint density at radius 2 is 2.12 bits per heavy atom. The van der Waals surface area contributed by atoms with E-state index in [1.54, 1.807) is 24.0 Å². The maximum absolute atomic E-state index is 11.8. The zero-order valence-electron chi connectivity index (χ0n) is 13.8. The van der Waals surface area contributed by atoms with Gasteiger partial charge in [-0.25, -0.2) is 4.79 Å². The van der Waals surface area contributed by atoms with Crippen molar-refractivity contribution >= 4 is 11.8 Å². The molecule has 0 aliphatic carbocycles. The molecule has 1 aromatic heterocycles. The molecular weight excluding hydrogens is 306 g/mol. The fourth-order valence-electron chi connectivity index (χ4n) is 2.93. The second-order valence-electron chi connectivity index (χ2n) is 6.12. The molecule has 1 atom stereocenters. The zero-order valence-corrected chi connectivity index (χ0v) is 13.8. The minimum Gasteiger partial charge on any atom is -0.390 e. The van der Waals surface area contributed by atoms with Crippen LogP contribution in [-0.2, 0) is 20.0 Å². The smallest absolute Gasteiger partial charge is 0.320 e. The van der Waals surface area contributed by atoms with Gasteiger partial charge in [0.25, 0.3) is 0 Å². The molecule has 2 heterocycles. The quantitative estimate of drug-likeness (QED) is 0.763. The maximum atomic E-state index is 11.8. The number of hydrogen-bond acceptors (Lipinski definition) is 4. The molecule has 3 N–H and O–H groups in total. The summed E-state index contributed by atoms with van der Waals surface area (Å²) in [7, 11) is 1.78. The fourth-order valence-corrected chi connectivity index (χ4v) is 2.93. The SMILES string of the molecule is Cn1ccc(NC(=O)NCC(O)CN2CCc3ccccc3C2)n1. The highest BCUT2D eigenvalue weighted by atomic mass is 16.3. The number of aryl methyl sites for hydroxylation is 1. The lowest BCUT2D eigenvalue weighted by atomic mass is 10.00. The number of fused-ring (bicyclic) bond motifs is 1. The van der Waals surface area contributed by atoms with Crippen molar-refractivity contribution in [1.29, 1.82) is 0 Å². The molecule has 7 nitrogen and oxygen atoms in total. The van der Waals surface area contributed by atoms with Crippen LogP contribution in [0.1, 0.15) is 11.1 Å². The number of aliphatic hydroxyl groups excluding tert-OH is 1. The van der Waals surface area contributed by atoms with E-state index < -0.39 is 6.10 Å². The first kappa shape index (κ1) is 16.5. The molecule has 1 aromatic carbocycles. The minimum atomic E-state index is -0.607. The summed E-state index contributed by atoms with van der Waals surface area (Å²) in [4.78, 5) is 14.0. The standard InChI is InChI=1S/C17H23N5O2/c1-21-8-7-16(20-21)19-17(24)18-10-15(23)12-22-9-6-13-4-2-3-5-14(13)11-22/h2-5,7-8,15,23H,6,9-12H2,1H3,(H2,18,19,20,24). The predicted octanol–water partition coefficient (Wildman–Crippen LogP) is 0.961. The number of benzene rings is 1. The van der Waals surface area contributed by atoms with Crippen molar-refractivity contribution in [2.75, 3.05) is 25.0 Å². The van der Waals surface area contributed by atoms with E-state index in [4.69, 9.17) is 0 Å². The minimum absolute atomic E-state index is 0.205. The molecule has 0 fully saturated rings. The van der Waals surface area contributed by atoms with E-state index in [0.29, 0.717) is 12.4 Å². The molecule has 0 radical (unpaired) electrons. The van der Waals surface area contributed by atoms with E-state index >= 15 is 0 Å². The lowest BCUT2D eigenvalue weighted by Gasteiger charge is -2.30. The van der Waals surface area contributed by atoms with Gasteiger partial charge in [0, 0.05) is 45.5 Å². The second-order valence-corrected chi connectivity index (χ2v) is 6.12. The third-order valence-electron chi connectivity index (χ3n) is 4.13. The Balaban J connectivity index is 1.41. The number of hydrogen-bond donors (Lipinski definition) is 3. The van der Waals surface area contributed by atoms with Crippen molar-refractivity contribution in [3.8, 4) is 0 Å². The Morgan fingerprint density at radius 3 is 2.88 bits per heavy atom. The van der Waals surface area contributed by atoms with Crippen LogP contribution in [0.4, 0.5) is 10.6 Å². The van der Waals surface area contributed by atoms with Crippen molar-refractivity contribution < 1.29 is 9.90 Å². The summed E-state index contributed by atoms with van der Waals surface area (Å²) in [5, 5.41) is 19.5. The van der Waals surface area contributed by atoms with Crippen molar-refractivity contribution in [2.45, 2.75) is 19.1 Å². The van der Waals surface area contributed by atoms with E-state index in [0.717, 1.165) is 19.5 Å².